The van der Waals surface area contributed by atoms with E-state index < -0.39 is 23.8 Å². The van der Waals surface area contributed by atoms with Crippen LogP contribution >= 0.6 is 0 Å². The molecule has 0 aliphatic carbocycles. The predicted octanol–water partition coefficient (Wildman–Crippen LogP) is 13.1. The minimum absolute atomic E-state index is 0.166. The maximum atomic E-state index is 14.8. The zero-order valence-electron chi connectivity index (χ0n) is 46.9. The lowest BCUT2D eigenvalue weighted by Crippen LogP contribution is -2.27. The first-order valence-corrected chi connectivity index (χ1v) is 26.0. The quantitative estimate of drug-likeness (QED) is 0.0402. The van der Waals surface area contributed by atoms with Gasteiger partial charge in [-0.1, -0.05) is 78.6 Å². The Kier molecular flexibility index (Phi) is 18.4. The van der Waals surface area contributed by atoms with Crippen molar-refractivity contribution in [2.24, 2.45) is 0 Å². The predicted molar refractivity (Wildman–Crippen MR) is 317 cm³/mol. The van der Waals surface area contributed by atoms with Gasteiger partial charge in [-0.2, -0.15) is 0 Å². The van der Waals surface area contributed by atoms with Gasteiger partial charge in [-0.25, -0.2) is 9.59 Å². The van der Waals surface area contributed by atoms with Crippen LogP contribution in [0.1, 0.15) is 58.1 Å². The largest absolute Gasteiger partial charge is 0.496 e. The van der Waals surface area contributed by atoms with Gasteiger partial charge in [0.25, 0.3) is 11.8 Å². The first-order valence-electron chi connectivity index (χ1n) is 26.0. The molecule has 16 nitrogen and oxygen atoms in total. The highest BCUT2D eigenvalue weighted by Crippen LogP contribution is 2.43. The van der Waals surface area contributed by atoms with E-state index in [-0.39, 0.29) is 63.4 Å². The van der Waals surface area contributed by atoms with Gasteiger partial charge in [0.2, 0.25) is 0 Å². The van der Waals surface area contributed by atoms with E-state index in [2.05, 4.69) is 11.8 Å². The topological polar surface area (TPSA) is 167 Å². The number of carbonyl (C=O) groups is 4. The van der Waals surface area contributed by atoms with Crippen molar-refractivity contribution in [2.75, 3.05) is 59.6 Å². The number of esters is 2. The van der Waals surface area contributed by atoms with Crippen molar-refractivity contribution in [3.8, 4) is 69.3 Å². The molecule has 9 rings (SSSR count). The number of carbonyl (C=O) groups excluding carboxylic acids is 4. The molecule has 422 valence electrons. The number of methoxy groups -OCH3 is 7. The second-order valence-electron chi connectivity index (χ2n) is 18.2. The Morgan fingerprint density at radius 3 is 1.11 bits per heavy atom. The van der Waals surface area contributed by atoms with Gasteiger partial charge in [0.15, 0.2) is 23.0 Å². The van der Waals surface area contributed by atoms with Crippen LogP contribution in [-0.2, 0) is 6.61 Å². The van der Waals surface area contributed by atoms with Gasteiger partial charge in [-0.15, -0.1) is 0 Å². The summed E-state index contributed by atoms with van der Waals surface area (Å²) in [6, 6.07) is 56.6. The van der Waals surface area contributed by atoms with E-state index in [1.54, 1.807) is 146 Å². The smallest absolute Gasteiger partial charge is 0.343 e. The maximum Gasteiger partial charge on any atom is 0.343 e. The maximum absolute atomic E-state index is 14.8. The van der Waals surface area contributed by atoms with Crippen LogP contribution in [-0.4, -0.2) is 73.5 Å². The van der Waals surface area contributed by atoms with E-state index in [0.29, 0.717) is 56.9 Å². The fraction of sp³-hybridized carbons (Fsp3) is 0.118. The van der Waals surface area contributed by atoms with Crippen molar-refractivity contribution in [3.05, 3.63) is 239 Å². The molecule has 0 bridgehead atoms. The molecular weight excluding hydrogens is 1070 g/mol. The molecule has 0 radical (unpaired) electrons. The lowest BCUT2D eigenvalue weighted by Gasteiger charge is -2.26. The number of rotatable bonds is 20. The zero-order valence-corrected chi connectivity index (χ0v) is 46.9. The summed E-state index contributed by atoms with van der Waals surface area (Å²) in [6.45, 7) is 0.265. The number of para-hydroxylation sites is 2. The average Bonchev–Trinajstić information content (AvgIpc) is 3.73. The Hall–Kier alpha value is -11.2. The Morgan fingerprint density at radius 1 is 0.357 bits per heavy atom. The van der Waals surface area contributed by atoms with Crippen LogP contribution in [0.3, 0.4) is 0 Å². The van der Waals surface area contributed by atoms with E-state index >= 15 is 0 Å². The second kappa shape index (κ2) is 26.9. The highest BCUT2D eigenvalue weighted by molar-refractivity contribution is 6.15. The summed E-state index contributed by atoms with van der Waals surface area (Å²) in [4.78, 5) is 59.4. The highest BCUT2D eigenvalue weighted by Gasteiger charge is 2.30. The number of benzene rings is 9. The second-order valence-corrected chi connectivity index (χ2v) is 18.2. The van der Waals surface area contributed by atoms with Gasteiger partial charge in [0.1, 0.15) is 41.1 Å². The van der Waals surface area contributed by atoms with E-state index in [9.17, 15) is 19.2 Å². The minimum atomic E-state index is -0.666. The average molecular weight is 1130 g/mol. The van der Waals surface area contributed by atoms with E-state index in [4.69, 9.17) is 47.4 Å². The Morgan fingerprint density at radius 2 is 0.714 bits per heavy atom. The number of ether oxygens (including phenoxy) is 10. The summed E-state index contributed by atoms with van der Waals surface area (Å²) in [5.74, 6) is 6.84. The SMILES string of the molecule is COc1cc(OC)c(C(=O)N(c2ccccc2)c2ccc(C(=O)Oc3ccc(C#Cc4ccc(OC(=O)c5ccc(N(C(=O)c6cc(OC)c(OCc7ccccc7)cc6OC)c6ccccc6)c(OC)c5)cc4)cc3)cc2OC)cc1OC. The standard InChI is InChI=1S/C68H56N2O14/c1-75-57-41-63(81-7)61(79-5)39-53(57)65(71)69(49-19-13-9-14-20-49)55-35-29-47(37-59(55)77-3)67(73)83-51-31-25-44(26-32-51)23-24-45-27-33-52(34-28-45)84-68(74)48-30-36-56(60(38-48)78-4)70(50-21-15-10-16-22-50)66(72)54-40-62(80-6)64(42-58(54)76-2)82-43-46-17-11-8-12-18-46/h8-22,25-42H,43H2,1-7H3. The van der Waals surface area contributed by atoms with Crippen LogP contribution in [0, 0.1) is 11.8 Å². The molecule has 0 heterocycles. The van der Waals surface area contributed by atoms with Crippen LogP contribution in [0.4, 0.5) is 22.7 Å². The van der Waals surface area contributed by atoms with Crippen molar-refractivity contribution in [1.29, 1.82) is 0 Å². The summed E-state index contributed by atoms with van der Waals surface area (Å²) in [7, 11) is 10.3. The van der Waals surface area contributed by atoms with Gasteiger partial charge >= 0.3 is 11.9 Å². The van der Waals surface area contributed by atoms with Crippen molar-refractivity contribution in [2.45, 2.75) is 6.61 Å². The molecule has 0 aliphatic rings. The van der Waals surface area contributed by atoms with Crippen molar-refractivity contribution >= 4 is 46.5 Å². The van der Waals surface area contributed by atoms with E-state index in [1.165, 1.54) is 71.7 Å². The van der Waals surface area contributed by atoms with Crippen LogP contribution < -0.4 is 57.2 Å². The molecule has 9 aromatic carbocycles. The van der Waals surface area contributed by atoms with Crippen LogP contribution in [0.2, 0.25) is 0 Å². The van der Waals surface area contributed by atoms with E-state index in [0.717, 1.165) is 5.56 Å². The molecule has 0 fully saturated rings. The lowest BCUT2D eigenvalue weighted by molar-refractivity contribution is 0.0725. The number of anilines is 4. The van der Waals surface area contributed by atoms with Crippen molar-refractivity contribution in [3.63, 3.8) is 0 Å². The number of hydrogen-bond donors (Lipinski definition) is 0. The fourth-order valence-corrected chi connectivity index (χ4v) is 8.88. The van der Waals surface area contributed by atoms with Crippen LogP contribution in [0.5, 0.6) is 57.5 Å². The molecule has 0 atom stereocenters. The Bertz CT molecular complexity index is 3880. The molecular formula is C68H56N2O14. The normalized spacial score (nSPS) is 10.5. The third kappa shape index (κ3) is 13.0. The monoisotopic (exact) mass is 1120 g/mol. The number of hydrogen-bond acceptors (Lipinski definition) is 14. The zero-order chi connectivity index (χ0) is 59.1. The molecule has 16 heteroatoms. The highest BCUT2D eigenvalue weighted by atomic mass is 16.5. The van der Waals surface area contributed by atoms with Gasteiger partial charge < -0.3 is 47.4 Å². The molecule has 0 saturated carbocycles. The molecule has 9 aromatic rings. The first kappa shape index (κ1) is 57.5. The molecule has 0 unspecified atom stereocenters. The molecule has 0 saturated heterocycles. The fourth-order valence-electron chi connectivity index (χ4n) is 8.88. The molecule has 0 spiro atoms. The van der Waals surface area contributed by atoms with Crippen molar-refractivity contribution < 1.29 is 66.5 Å². The summed E-state index contributed by atoms with van der Waals surface area (Å²) >= 11 is 0. The Balaban J connectivity index is 0.857. The number of nitrogens with zero attached hydrogens (tertiary/aromatic N) is 2. The third-order valence-corrected chi connectivity index (χ3v) is 13.1. The molecule has 0 aliphatic heterocycles. The summed E-state index contributed by atoms with van der Waals surface area (Å²) in [5.41, 5.74) is 4.66. The van der Waals surface area contributed by atoms with Gasteiger partial charge in [0, 0.05) is 46.8 Å². The summed E-state index contributed by atoms with van der Waals surface area (Å²) in [6.07, 6.45) is 0. The van der Waals surface area contributed by atoms with Crippen LogP contribution in [0.15, 0.2) is 200 Å². The minimum Gasteiger partial charge on any atom is -0.496 e. The molecule has 84 heavy (non-hydrogen) atoms. The van der Waals surface area contributed by atoms with E-state index in [1.807, 2.05) is 42.5 Å². The first-order chi connectivity index (χ1) is 41.0. The Labute approximate surface area is 485 Å². The molecule has 0 N–H and O–H groups in total. The molecule has 0 aromatic heterocycles. The molecule has 2 amide bonds. The number of amides is 2. The summed E-state index contributed by atoms with van der Waals surface area (Å²) < 4.78 is 57.2. The van der Waals surface area contributed by atoms with Crippen molar-refractivity contribution in [1.82, 2.24) is 0 Å². The summed E-state index contributed by atoms with van der Waals surface area (Å²) in [5, 5.41) is 0. The van der Waals surface area contributed by atoms with Gasteiger partial charge in [-0.3, -0.25) is 19.4 Å². The third-order valence-electron chi connectivity index (χ3n) is 13.1. The van der Waals surface area contributed by atoms with Gasteiger partial charge in [0.05, 0.1) is 83.4 Å². The van der Waals surface area contributed by atoms with Gasteiger partial charge in [-0.05, 0) is 115 Å². The lowest BCUT2D eigenvalue weighted by atomic mass is 10.1. The van der Waals surface area contributed by atoms with Crippen LogP contribution in [0.25, 0.3) is 0 Å².